The average Bonchev–Trinajstić information content (AvgIpc) is 2.63. The van der Waals surface area contributed by atoms with E-state index < -0.39 is 0 Å². The second kappa shape index (κ2) is 7.07. The van der Waals surface area contributed by atoms with Crippen molar-refractivity contribution in [2.45, 2.75) is 51.9 Å². The largest absolute Gasteiger partial charge is 0.198 e. The molecule has 74 valence electrons. The molecular weight excluding hydrogens is 178 g/mol. The van der Waals surface area contributed by atoms with Crippen LogP contribution in [0.25, 0.3) is 0 Å². The van der Waals surface area contributed by atoms with Crippen molar-refractivity contribution in [1.82, 2.24) is 4.37 Å². The molecule has 1 aromatic rings. The van der Waals surface area contributed by atoms with Crippen LogP contribution in [0, 0.1) is 0 Å². The van der Waals surface area contributed by atoms with Crippen molar-refractivity contribution in [3.05, 3.63) is 17.1 Å². The summed E-state index contributed by atoms with van der Waals surface area (Å²) in [6, 6.07) is 2.14. The van der Waals surface area contributed by atoms with Gasteiger partial charge in [-0.2, -0.15) is 4.37 Å². The fraction of sp³-hybridized carbons (Fsp3) is 0.727. The third-order valence-corrected chi connectivity index (χ3v) is 2.88. The molecule has 0 aromatic carbocycles. The summed E-state index contributed by atoms with van der Waals surface area (Å²) in [6.45, 7) is 2.26. The molecule has 1 nitrogen and oxygen atoms in total. The molecule has 2 heteroatoms. The Morgan fingerprint density at radius 3 is 2.62 bits per heavy atom. The van der Waals surface area contributed by atoms with Crippen molar-refractivity contribution in [2.24, 2.45) is 0 Å². The monoisotopic (exact) mass is 197 g/mol. The minimum absolute atomic E-state index is 1.18. The molecule has 0 saturated carbocycles. The zero-order chi connectivity index (χ0) is 9.36. The van der Waals surface area contributed by atoms with E-state index in [0.29, 0.717) is 0 Å². The van der Waals surface area contributed by atoms with Gasteiger partial charge in [0.05, 0.1) is 5.69 Å². The van der Waals surface area contributed by atoms with Gasteiger partial charge in [0.15, 0.2) is 0 Å². The maximum atomic E-state index is 4.29. The van der Waals surface area contributed by atoms with Crippen LogP contribution in [-0.2, 0) is 6.42 Å². The molecule has 1 aromatic heterocycles. The molecule has 0 saturated heterocycles. The number of hydrogen-bond donors (Lipinski definition) is 0. The molecule has 1 heterocycles. The molecule has 0 radical (unpaired) electrons. The number of aryl methyl sites for hydroxylation is 1. The van der Waals surface area contributed by atoms with E-state index in [0.717, 1.165) is 0 Å². The van der Waals surface area contributed by atoms with Crippen molar-refractivity contribution >= 4 is 11.5 Å². The van der Waals surface area contributed by atoms with Gasteiger partial charge >= 0.3 is 0 Å². The smallest absolute Gasteiger partial charge is 0.0542 e. The Kier molecular flexibility index (Phi) is 5.83. The van der Waals surface area contributed by atoms with Crippen molar-refractivity contribution in [1.29, 1.82) is 0 Å². The summed E-state index contributed by atoms with van der Waals surface area (Å²) in [5, 5.41) is 2.06. The summed E-state index contributed by atoms with van der Waals surface area (Å²) in [4.78, 5) is 0. The van der Waals surface area contributed by atoms with E-state index in [1.54, 1.807) is 11.5 Å². The van der Waals surface area contributed by atoms with Gasteiger partial charge in [-0.15, -0.1) is 0 Å². The highest BCUT2D eigenvalue weighted by Gasteiger charge is 1.94. The van der Waals surface area contributed by atoms with Gasteiger partial charge in [0.25, 0.3) is 0 Å². The summed E-state index contributed by atoms with van der Waals surface area (Å²) in [5.41, 5.74) is 1.28. The molecule has 0 amide bonds. The Morgan fingerprint density at radius 1 is 1.15 bits per heavy atom. The van der Waals surface area contributed by atoms with Crippen LogP contribution in [0.4, 0.5) is 0 Å². The lowest BCUT2D eigenvalue weighted by atomic mass is 10.1. The molecule has 0 spiro atoms. The second-order valence-electron chi connectivity index (χ2n) is 3.51. The van der Waals surface area contributed by atoms with Crippen molar-refractivity contribution < 1.29 is 0 Å². The molecule has 0 aliphatic rings. The highest BCUT2D eigenvalue weighted by molar-refractivity contribution is 7.03. The molecule has 0 fully saturated rings. The number of nitrogens with zero attached hydrogens (tertiary/aromatic N) is 1. The Hall–Kier alpha value is -0.370. The van der Waals surface area contributed by atoms with Crippen molar-refractivity contribution in [3.63, 3.8) is 0 Å². The summed E-state index contributed by atoms with van der Waals surface area (Å²) >= 11 is 1.56. The maximum Gasteiger partial charge on any atom is 0.0542 e. The summed E-state index contributed by atoms with van der Waals surface area (Å²) in [7, 11) is 0. The zero-order valence-electron chi connectivity index (χ0n) is 8.46. The number of aromatic nitrogens is 1. The summed E-state index contributed by atoms with van der Waals surface area (Å²) < 4.78 is 4.29. The normalized spacial score (nSPS) is 10.5. The summed E-state index contributed by atoms with van der Waals surface area (Å²) in [5.74, 6) is 0. The molecule has 0 atom stereocenters. The number of rotatable bonds is 7. The molecule has 0 unspecified atom stereocenters. The van der Waals surface area contributed by atoms with E-state index in [2.05, 4.69) is 22.7 Å². The average molecular weight is 197 g/mol. The fourth-order valence-corrected chi connectivity index (χ4v) is 2.02. The highest BCUT2D eigenvalue weighted by Crippen LogP contribution is 2.09. The molecule has 0 aliphatic carbocycles. The van der Waals surface area contributed by atoms with Crippen LogP contribution in [0.15, 0.2) is 11.4 Å². The van der Waals surface area contributed by atoms with Crippen LogP contribution in [0.3, 0.4) is 0 Å². The Balaban J connectivity index is 1.90. The quantitative estimate of drug-likeness (QED) is 0.601. The fourth-order valence-electron chi connectivity index (χ4n) is 1.45. The summed E-state index contributed by atoms with van der Waals surface area (Å²) in [6.07, 6.45) is 9.41. The Bertz CT molecular complexity index is 194. The first kappa shape index (κ1) is 10.7. The van der Waals surface area contributed by atoms with Gasteiger partial charge in [-0.05, 0) is 30.4 Å². The first-order chi connectivity index (χ1) is 6.43. The lowest BCUT2D eigenvalue weighted by Gasteiger charge is -1.98. The van der Waals surface area contributed by atoms with Gasteiger partial charge < -0.3 is 0 Å². The first-order valence-electron chi connectivity index (χ1n) is 5.32. The first-order valence-corrected chi connectivity index (χ1v) is 6.16. The van der Waals surface area contributed by atoms with Gasteiger partial charge in [0.1, 0.15) is 0 Å². The van der Waals surface area contributed by atoms with E-state index >= 15 is 0 Å². The van der Waals surface area contributed by atoms with Crippen LogP contribution in [-0.4, -0.2) is 4.37 Å². The second-order valence-corrected chi connectivity index (χ2v) is 4.17. The van der Waals surface area contributed by atoms with Gasteiger partial charge in [0.2, 0.25) is 0 Å². The third kappa shape index (κ3) is 5.04. The van der Waals surface area contributed by atoms with Gasteiger partial charge in [-0.3, -0.25) is 0 Å². The highest BCUT2D eigenvalue weighted by atomic mass is 32.1. The van der Waals surface area contributed by atoms with Gasteiger partial charge in [-0.25, -0.2) is 0 Å². The third-order valence-electron chi connectivity index (χ3n) is 2.28. The lowest BCUT2D eigenvalue weighted by Crippen LogP contribution is -1.85. The molecule has 0 bridgehead atoms. The lowest BCUT2D eigenvalue weighted by molar-refractivity contribution is 0.606. The predicted octanol–water partition coefficient (Wildman–Crippen LogP) is 4.05. The molecule has 0 N–H and O–H groups in total. The zero-order valence-corrected chi connectivity index (χ0v) is 9.28. The molecule has 13 heavy (non-hydrogen) atoms. The van der Waals surface area contributed by atoms with Crippen LogP contribution in [0.1, 0.15) is 51.1 Å². The SMILES string of the molecule is CCCCCCCCc1ccsn1. The molecule has 0 aliphatic heterocycles. The Morgan fingerprint density at radius 2 is 1.92 bits per heavy atom. The van der Waals surface area contributed by atoms with Crippen LogP contribution in [0.5, 0.6) is 0 Å². The predicted molar refractivity (Wildman–Crippen MR) is 59.2 cm³/mol. The van der Waals surface area contributed by atoms with Gasteiger partial charge in [-0.1, -0.05) is 39.0 Å². The van der Waals surface area contributed by atoms with Crippen LogP contribution < -0.4 is 0 Å². The van der Waals surface area contributed by atoms with Crippen LogP contribution >= 0.6 is 11.5 Å². The van der Waals surface area contributed by atoms with Crippen molar-refractivity contribution in [3.8, 4) is 0 Å². The van der Waals surface area contributed by atoms with E-state index in [9.17, 15) is 0 Å². The van der Waals surface area contributed by atoms with E-state index in [1.807, 2.05) is 0 Å². The number of hydrogen-bond acceptors (Lipinski definition) is 2. The molecule has 1 rings (SSSR count). The standard InChI is InChI=1S/C11H19NS/c1-2-3-4-5-6-7-8-11-9-10-13-12-11/h9-10H,2-8H2,1H3. The Labute approximate surface area is 85.4 Å². The minimum atomic E-state index is 1.18. The molecular formula is C11H19NS. The van der Waals surface area contributed by atoms with Crippen molar-refractivity contribution in [2.75, 3.05) is 0 Å². The van der Waals surface area contributed by atoms with E-state index in [4.69, 9.17) is 0 Å². The topological polar surface area (TPSA) is 12.9 Å². The van der Waals surface area contributed by atoms with E-state index in [1.165, 1.54) is 50.6 Å². The van der Waals surface area contributed by atoms with E-state index in [-0.39, 0.29) is 0 Å². The minimum Gasteiger partial charge on any atom is -0.198 e. The van der Waals surface area contributed by atoms with Crippen LogP contribution in [0.2, 0.25) is 0 Å². The number of unbranched alkanes of at least 4 members (excludes halogenated alkanes) is 5. The maximum absolute atomic E-state index is 4.29. The van der Waals surface area contributed by atoms with Gasteiger partial charge in [0, 0.05) is 5.38 Å².